The van der Waals surface area contributed by atoms with Gasteiger partial charge in [0.2, 0.25) is 0 Å². The summed E-state index contributed by atoms with van der Waals surface area (Å²) in [5, 5.41) is 2.46. The number of rotatable bonds is 4. The predicted octanol–water partition coefficient (Wildman–Crippen LogP) is 4.78. The zero-order valence-electron chi connectivity index (χ0n) is 12.1. The van der Waals surface area contributed by atoms with Crippen molar-refractivity contribution in [3.05, 3.63) is 48.0 Å². The summed E-state index contributed by atoms with van der Waals surface area (Å²) in [6.07, 6.45) is 5.27. The van der Waals surface area contributed by atoms with Gasteiger partial charge in [0.15, 0.2) is 0 Å². The smallest absolute Gasteiger partial charge is 0.140 e. The van der Waals surface area contributed by atoms with E-state index in [9.17, 15) is 4.79 Å². The van der Waals surface area contributed by atoms with Crippen LogP contribution in [0, 0.1) is 11.8 Å². The van der Waals surface area contributed by atoms with Crippen LogP contribution in [0.1, 0.15) is 38.2 Å². The quantitative estimate of drug-likeness (QED) is 0.778. The molecule has 0 amide bonds. The van der Waals surface area contributed by atoms with Crippen LogP contribution in [0.5, 0.6) is 0 Å². The number of carbonyl (C=O) groups is 1. The second-order valence-corrected chi connectivity index (χ2v) is 6.07. The van der Waals surface area contributed by atoms with Gasteiger partial charge in [-0.25, -0.2) is 0 Å². The molecule has 0 radical (unpaired) electrons. The lowest BCUT2D eigenvalue weighted by atomic mass is 9.93. The molecular formula is C19H22O. The van der Waals surface area contributed by atoms with Gasteiger partial charge in [0, 0.05) is 12.3 Å². The highest BCUT2D eigenvalue weighted by Gasteiger charge is 2.28. The molecule has 0 heterocycles. The van der Waals surface area contributed by atoms with Crippen molar-refractivity contribution < 1.29 is 4.79 Å². The molecule has 0 N–H and O–H groups in total. The minimum absolute atomic E-state index is 0.305. The van der Waals surface area contributed by atoms with E-state index in [0.717, 1.165) is 18.8 Å². The van der Waals surface area contributed by atoms with Crippen molar-refractivity contribution in [3.63, 3.8) is 0 Å². The van der Waals surface area contributed by atoms with Crippen LogP contribution in [-0.2, 0) is 11.2 Å². The Hall–Kier alpha value is -1.63. The number of fused-ring (bicyclic) bond motifs is 1. The fraction of sp³-hybridized carbons (Fsp3) is 0.421. The second kappa shape index (κ2) is 5.78. The van der Waals surface area contributed by atoms with Crippen molar-refractivity contribution in [2.24, 2.45) is 11.8 Å². The molecule has 0 spiro atoms. The third-order valence-corrected chi connectivity index (χ3v) is 4.82. The van der Waals surface area contributed by atoms with Gasteiger partial charge in [0.25, 0.3) is 0 Å². The molecule has 0 bridgehead atoms. The zero-order valence-corrected chi connectivity index (χ0v) is 12.1. The van der Waals surface area contributed by atoms with E-state index >= 15 is 0 Å². The summed E-state index contributed by atoms with van der Waals surface area (Å²) in [5.41, 5.74) is 1.19. The average Bonchev–Trinajstić information content (AvgIpc) is 2.97. The minimum Gasteiger partial charge on any atom is -0.299 e. The molecule has 1 aliphatic rings. The molecule has 2 aromatic rings. The van der Waals surface area contributed by atoms with Crippen LogP contribution in [0.15, 0.2) is 42.5 Å². The van der Waals surface area contributed by atoms with E-state index in [4.69, 9.17) is 0 Å². The third kappa shape index (κ3) is 2.63. The molecule has 1 aliphatic carbocycles. The Labute approximate surface area is 121 Å². The number of hydrogen-bond acceptors (Lipinski definition) is 1. The Morgan fingerprint density at radius 2 is 1.90 bits per heavy atom. The fourth-order valence-electron chi connectivity index (χ4n) is 3.52. The molecule has 1 saturated carbocycles. The standard InChI is InChI=1S/C19H22O/c1-2-14-10-11-17(12-14)19(20)13-16-8-5-7-15-6-3-4-9-18(15)16/h3-9,14,17H,2,10-13H2,1H3. The number of ketones is 1. The van der Waals surface area contributed by atoms with E-state index in [0.29, 0.717) is 18.1 Å². The highest BCUT2D eigenvalue weighted by atomic mass is 16.1. The summed E-state index contributed by atoms with van der Waals surface area (Å²) in [5.74, 6) is 1.52. The van der Waals surface area contributed by atoms with E-state index in [1.54, 1.807) is 0 Å². The Balaban J connectivity index is 1.78. The monoisotopic (exact) mass is 266 g/mol. The zero-order chi connectivity index (χ0) is 13.9. The van der Waals surface area contributed by atoms with Crippen LogP contribution >= 0.6 is 0 Å². The Morgan fingerprint density at radius 1 is 1.10 bits per heavy atom. The van der Waals surface area contributed by atoms with E-state index in [1.165, 1.54) is 29.2 Å². The van der Waals surface area contributed by atoms with Crippen LogP contribution in [0.4, 0.5) is 0 Å². The number of Topliss-reactive ketones (excluding diaryl/α,β-unsaturated/α-hetero) is 1. The second-order valence-electron chi connectivity index (χ2n) is 6.07. The Morgan fingerprint density at radius 3 is 2.70 bits per heavy atom. The molecule has 1 heteroatoms. The van der Waals surface area contributed by atoms with Crippen LogP contribution in [-0.4, -0.2) is 5.78 Å². The van der Waals surface area contributed by atoms with Crippen molar-refractivity contribution in [1.29, 1.82) is 0 Å². The lowest BCUT2D eigenvalue weighted by molar-refractivity contribution is -0.122. The van der Waals surface area contributed by atoms with E-state index in [1.807, 2.05) is 0 Å². The van der Waals surface area contributed by atoms with Gasteiger partial charge in [-0.1, -0.05) is 55.8 Å². The summed E-state index contributed by atoms with van der Waals surface area (Å²) in [6, 6.07) is 14.6. The number of benzene rings is 2. The molecule has 3 rings (SSSR count). The van der Waals surface area contributed by atoms with Crippen molar-refractivity contribution in [3.8, 4) is 0 Å². The van der Waals surface area contributed by atoms with E-state index in [-0.39, 0.29) is 0 Å². The Kier molecular flexibility index (Phi) is 3.86. The molecule has 2 unspecified atom stereocenters. The highest BCUT2D eigenvalue weighted by Crippen LogP contribution is 2.34. The molecule has 2 aromatic carbocycles. The lowest BCUT2D eigenvalue weighted by Gasteiger charge is -2.11. The number of carbonyl (C=O) groups excluding carboxylic acids is 1. The van der Waals surface area contributed by atoms with Crippen molar-refractivity contribution >= 4 is 16.6 Å². The molecular weight excluding hydrogens is 244 g/mol. The van der Waals surface area contributed by atoms with Gasteiger partial charge in [-0.2, -0.15) is 0 Å². The van der Waals surface area contributed by atoms with E-state index in [2.05, 4.69) is 49.4 Å². The first-order valence-corrected chi connectivity index (χ1v) is 7.77. The van der Waals surface area contributed by atoms with Gasteiger partial charge in [-0.15, -0.1) is 0 Å². The molecule has 20 heavy (non-hydrogen) atoms. The van der Waals surface area contributed by atoms with Crippen molar-refractivity contribution in [2.45, 2.75) is 39.0 Å². The van der Waals surface area contributed by atoms with E-state index < -0.39 is 0 Å². The van der Waals surface area contributed by atoms with Crippen molar-refractivity contribution in [2.75, 3.05) is 0 Å². The maximum absolute atomic E-state index is 12.5. The number of hydrogen-bond donors (Lipinski definition) is 0. The molecule has 2 atom stereocenters. The average molecular weight is 266 g/mol. The maximum atomic E-state index is 12.5. The summed E-state index contributed by atoms with van der Waals surface area (Å²) in [4.78, 5) is 12.5. The Bertz CT molecular complexity index is 609. The van der Waals surface area contributed by atoms with Gasteiger partial charge in [-0.05, 0) is 41.5 Å². The third-order valence-electron chi connectivity index (χ3n) is 4.82. The molecule has 1 fully saturated rings. The SMILES string of the molecule is CCC1CCC(C(=O)Cc2cccc3ccccc23)C1. The van der Waals surface area contributed by atoms with Crippen LogP contribution in [0.2, 0.25) is 0 Å². The minimum atomic E-state index is 0.305. The first kappa shape index (κ1) is 13.4. The molecule has 0 aromatic heterocycles. The fourth-order valence-corrected chi connectivity index (χ4v) is 3.52. The molecule has 0 saturated heterocycles. The van der Waals surface area contributed by atoms with Gasteiger partial charge in [0.1, 0.15) is 5.78 Å². The highest BCUT2D eigenvalue weighted by molar-refractivity contribution is 5.91. The predicted molar refractivity (Wildman–Crippen MR) is 83.8 cm³/mol. The summed E-state index contributed by atoms with van der Waals surface area (Å²) in [7, 11) is 0. The lowest BCUT2D eigenvalue weighted by Crippen LogP contribution is -2.14. The van der Waals surface area contributed by atoms with Gasteiger partial charge >= 0.3 is 0 Å². The molecule has 104 valence electrons. The van der Waals surface area contributed by atoms with Crippen LogP contribution in [0.3, 0.4) is 0 Å². The van der Waals surface area contributed by atoms with Gasteiger partial charge in [0.05, 0.1) is 0 Å². The summed E-state index contributed by atoms with van der Waals surface area (Å²) >= 11 is 0. The normalized spacial score (nSPS) is 22.2. The largest absolute Gasteiger partial charge is 0.299 e. The maximum Gasteiger partial charge on any atom is 0.140 e. The van der Waals surface area contributed by atoms with Crippen LogP contribution < -0.4 is 0 Å². The first-order chi connectivity index (χ1) is 9.78. The van der Waals surface area contributed by atoms with Gasteiger partial charge < -0.3 is 0 Å². The summed E-state index contributed by atoms with van der Waals surface area (Å²) in [6.45, 7) is 2.24. The topological polar surface area (TPSA) is 17.1 Å². The first-order valence-electron chi connectivity index (χ1n) is 7.77. The molecule has 1 nitrogen and oxygen atoms in total. The van der Waals surface area contributed by atoms with Crippen LogP contribution in [0.25, 0.3) is 10.8 Å². The summed E-state index contributed by atoms with van der Waals surface area (Å²) < 4.78 is 0. The van der Waals surface area contributed by atoms with Crippen molar-refractivity contribution in [1.82, 2.24) is 0 Å². The molecule has 0 aliphatic heterocycles. The van der Waals surface area contributed by atoms with Gasteiger partial charge in [-0.3, -0.25) is 4.79 Å².